The van der Waals surface area contributed by atoms with Crippen LogP contribution in [0.4, 0.5) is 0 Å². The SMILES string of the molecule is CCc1nc(C)ccc1Oc1nc2c(cc1C#N)CCC2. The molecule has 3 rings (SSSR count). The Morgan fingerprint density at radius 3 is 2.90 bits per heavy atom. The minimum atomic E-state index is 0.401. The Morgan fingerprint density at radius 2 is 2.14 bits per heavy atom. The Hall–Kier alpha value is -2.41. The molecule has 1 aliphatic carbocycles. The van der Waals surface area contributed by atoms with Crippen molar-refractivity contribution in [3.05, 3.63) is 46.4 Å². The van der Waals surface area contributed by atoms with Crippen molar-refractivity contribution in [3.63, 3.8) is 0 Å². The lowest BCUT2D eigenvalue weighted by Gasteiger charge is -2.11. The van der Waals surface area contributed by atoms with Crippen LogP contribution in [0.5, 0.6) is 11.6 Å². The van der Waals surface area contributed by atoms with Crippen molar-refractivity contribution in [1.29, 1.82) is 5.26 Å². The van der Waals surface area contributed by atoms with Crippen LogP contribution < -0.4 is 4.74 Å². The third kappa shape index (κ3) is 2.59. The molecular formula is C17H17N3O. The lowest BCUT2D eigenvalue weighted by Crippen LogP contribution is -2.00. The van der Waals surface area contributed by atoms with Gasteiger partial charge in [-0.1, -0.05) is 6.92 Å². The van der Waals surface area contributed by atoms with Gasteiger partial charge in [0.1, 0.15) is 11.6 Å². The topological polar surface area (TPSA) is 58.8 Å². The molecule has 0 bridgehead atoms. The summed E-state index contributed by atoms with van der Waals surface area (Å²) in [6, 6.07) is 7.91. The Morgan fingerprint density at radius 1 is 1.29 bits per heavy atom. The van der Waals surface area contributed by atoms with E-state index in [1.54, 1.807) is 0 Å². The number of ether oxygens (including phenoxy) is 1. The van der Waals surface area contributed by atoms with Crippen LogP contribution in [0.3, 0.4) is 0 Å². The molecule has 0 unspecified atom stereocenters. The zero-order valence-corrected chi connectivity index (χ0v) is 12.3. The number of rotatable bonds is 3. The van der Waals surface area contributed by atoms with Crippen molar-refractivity contribution in [2.24, 2.45) is 0 Å². The van der Waals surface area contributed by atoms with Crippen LogP contribution in [0.1, 0.15) is 41.6 Å². The molecule has 4 heteroatoms. The zero-order valence-electron chi connectivity index (χ0n) is 12.3. The van der Waals surface area contributed by atoms with E-state index in [9.17, 15) is 5.26 Å². The van der Waals surface area contributed by atoms with Gasteiger partial charge in [0, 0.05) is 11.4 Å². The normalized spacial score (nSPS) is 12.8. The summed E-state index contributed by atoms with van der Waals surface area (Å²) in [6.45, 7) is 3.99. The van der Waals surface area contributed by atoms with E-state index in [2.05, 4.69) is 16.0 Å². The number of nitrogens with zero attached hydrogens (tertiary/aromatic N) is 3. The monoisotopic (exact) mass is 279 g/mol. The van der Waals surface area contributed by atoms with Crippen molar-refractivity contribution in [1.82, 2.24) is 9.97 Å². The quantitative estimate of drug-likeness (QED) is 0.862. The molecule has 4 nitrogen and oxygen atoms in total. The molecule has 0 aromatic carbocycles. The molecule has 2 aromatic rings. The molecule has 106 valence electrons. The van der Waals surface area contributed by atoms with Crippen molar-refractivity contribution >= 4 is 0 Å². The summed E-state index contributed by atoms with van der Waals surface area (Å²) in [5.41, 5.74) is 4.58. The Balaban J connectivity index is 2.00. The molecule has 0 fully saturated rings. The lowest BCUT2D eigenvalue weighted by molar-refractivity contribution is 0.450. The van der Waals surface area contributed by atoms with Gasteiger partial charge in [0.25, 0.3) is 0 Å². The summed E-state index contributed by atoms with van der Waals surface area (Å²) in [7, 11) is 0. The molecule has 21 heavy (non-hydrogen) atoms. The number of pyridine rings is 2. The van der Waals surface area contributed by atoms with Gasteiger partial charge in [0.05, 0.1) is 5.69 Å². The molecule has 2 heterocycles. The van der Waals surface area contributed by atoms with Crippen LogP contribution in [-0.2, 0) is 19.3 Å². The van der Waals surface area contributed by atoms with Gasteiger partial charge >= 0.3 is 0 Å². The highest BCUT2D eigenvalue weighted by atomic mass is 16.5. The van der Waals surface area contributed by atoms with Crippen LogP contribution in [-0.4, -0.2) is 9.97 Å². The molecule has 0 saturated heterocycles. The molecule has 0 N–H and O–H groups in total. The molecular weight excluding hydrogens is 262 g/mol. The molecule has 0 spiro atoms. The van der Waals surface area contributed by atoms with Gasteiger partial charge in [-0.05, 0) is 56.4 Å². The third-order valence-corrected chi connectivity index (χ3v) is 3.75. The van der Waals surface area contributed by atoms with Gasteiger partial charge in [-0.2, -0.15) is 5.26 Å². The first-order valence-electron chi connectivity index (χ1n) is 7.28. The Bertz CT molecular complexity index is 732. The van der Waals surface area contributed by atoms with Gasteiger partial charge < -0.3 is 4.74 Å². The summed E-state index contributed by atoms with van der Waals surface area (Å²) in [5, 5.41) is 9.31. The highest BCUT2D eigenvalue weighted by Crippen LogP contribution is 2.30. The molecule has 0 radical (unpaired) electrons. The fraction of sp³-hybridized carbons (Fsp3) is 0.353. The molecule has 0 amide bonds. The first kappa shape index (κ1) is 13.6. The second-order valence-corrected chi connectivity index (χ2v) is 5.27. The third-order valence-electron chi connectivity index (χ3n) is 3.75. The number of hydrogen-bond donors (Lipinski definition) is 0. The van der Waals surface area contributed by atoms with E-state index >= 15 is 0 Å². The van der Waals surface area contributed by atoms with E-state index in [4.69, 9.17) is 4.74 Å². The Labute approximate surface area is 124 Å². The number of hydrogen-bond acceptors (Lipinski definition) is 4. The van der Waals surface area contributed by atoms with Crippen LogP contribution in [0, 0.1) is 18.3 Å². The van der Waals surface area contributed by atoms with Gasteiger partial charge in [0.15, 0.2) is 5.75 Å². The predicted molar refractivity (Wildman–Crippen MR) is 79.4 cm³/mol. The standard InChI is InChI=1S/C17H17N3O/c1-3-14-16(8-7-11(2)19-14)21-17-13(10-18)9-12-5-4-6-15(12)20-17/h7-9H,3-6H2,1-2H3. The minimum Gasteiger partial charge on any atom is -0.436 e. The summed E-state index contributed by atoms with van der Waals surface area (Å²) in [6.07, 6.45) is 3.85. The maximum Gasteiger partial charge on any atom is 0.237 e. The molecule has 0 atom stereocenters. The fourth-order valence-electron chi connectivity index (χ4n) is 2.66. The first-order valence-corrected chi connectivity index (χ1v) is 7.28. The fourth-order valence-corrected chi connectivity index (χ4v) is 2.66. The van der Waals surface area contributed by atoms with Crippen LogP contribution in [0.25, 0.3) is 0 Å². The summed E-state index contributed by atoms with van der Waals surface area (Å²) in [4.78, 5) is 9.02. The average Bonchev–Trinajstić information content (AvgIpc) is 2.95. The van der Waals surface area contributed by atoms with Gasteiger partial charge in [-0.3, -0.25) is 4.98 Å². The van der Waals surface area contributed by atoms with E-state index in [0.717, 1.165) is 42.8 Å². The van der Waals surface area contributed by atoms with E-state index in [0.29, 0.717) is 17.2 Å². The van der Waals surface area contributed by atoms with Crippen LogP contribution in [0.2, 0.25) is 0 Å². The predicted octanol–water partition coefficient (Wildman–Crippen LogP) is 3.50. The summed E-state index contributed by atoms with van der Waals surface area (Å²) >= 11 is 0. The van der Waals surface area contributed by atoms with E-state index in [1.165, 1.54) is 5.56 Å². The second-order valence-electron chi connectivity index (χ2n) is 5.27. The van der Waals surface area contributed by atoms with Gasteiger partial charge in [-0.25, -0.2) is 4.98 Å². The maximum absolute atomic E-state index is 9.31. The summed E-state index contributed by atoms with van der Waals surface area (Å²) in [5.74, 6) is 1.09. The minimum absolute atomic E-state index is 0.401. The Kier molecular flexibility index (Phi) is 3.57. The van der Waals surface area contributed by atoms with Gasteiger partial charge in [0.2, 0.25) is 5.88 Å². The molecule has 0 saturated carbocycles. The van der Waals surface area contributed by atoms with E-state index in [1.807, 2.05) is 32.0 Å². The van der Waals surface area contributed by atoms with Crippen LogP contribution >= 0.6 is 0 Å². The van der Waals surface area contributed by atoms with Gasteiger partial charge in [-0.15, -0.1) is 0 Å². The summed E-state index contributed by atoms with van der Waals surface area (Å²) < 4.78 is 5.91. The first-order chi connectivity index (χ1) is 10.2. The molecule has 2 aromatic heterocycles. The zero-order chi connectivity index (χ0) is 14.8. The highest BCUT2D eigenvalue weighted by molar-refractivity contribution is 5.46. The number of fused-ring (bicyclic) bond motifs is 1. The number of aromatic nitrogens is 2. The number of aryl methyl sites for hydroxylation is 4. The van der Waals surface area contributed by atoms with Crippen molar-refractivity contribution in [2.75, 3.05) is 0 Å². The molecule has 1 aliphatic rings. The maximum atomic E-state index is 9.31. The second kappa shape index (κ2) is 5.53. The van der Waals surface area contributed by atoms with Crippen molar-refractivity contribution < 1.29 is 4.74 Å². The van der Waals surface area contributed by atoms with E-state index < -0.39 is 0 Å². The smallest absolute Gasteiger partial charge is 0.237 e. The molecule has 0 aliphatic heterocycles. The highest BCUT2D eigenvalue weighted by Gasteiger charge is 2.18. The largest absolute Gasteiger partial charge is 0.436 e. The lowest BCUT2D eigenvalue weighted by atomic mass is 10.1. The van der Waals surface area contributed by atoms with E-state index in [-0.39, 0.29) is 0 Å². The number of nitriles is 1. The van der Waals surface area contributed by atoms with Crippen molar-refractivity contribution in [3.8, 4) is 17.7 Å². The van der Waals surface area contributed by atoms with Crippen molar-refractivity contribution in [2.45, 2.75) is 39.5 Å². The average molecular weight is 279 g/mol. The van der Waals surface area contributed by atoms with Crippen LogP contribution in [0.15, 0.2) is 18.2 Å².